The molecule has 106 valence electrons. The van der Waals surface area contributed by atoms with Crippen molar-refractivity contribution in [3.8, 4) is 0 Å². The zero-order valence-electron chi connectivity index (χ0n) is 10.4. The lowest BCUT2D eigenvalue weighted by Gasteiger charge is -2.26. The molecule has 2 rings (SSSR count). The molecule has 1 saturated heterocycles. The van der Waals surface area contributed by atoms with Crippen molar-refractivity contribution in [2.45, 2.75) is 0 Å². The molecular weight excluding hydrogens is 330 g/mol. The van der Waals surface area contributed by atoms with Gasteiger partial charge in [0.15, 0.2) is 0 Å². The molecule has 1 aromatic rings. The second-order valence-electron chi connectivity index (χ2n) is 4.20. The zero-order chi connectivity index (χ0) is 14.7. The lowest BCUT2D eigenvalue weighted by atomic mass is 10.2. The van der Waals surface area contributed by atoms with Gasteiger partial charge in [0.05, 0.1) is 11.3 Å². The number of nitrogens with zero attached hydrogens (tertiary/aromatic N) is 1. The molecule has 0 aliphatic carbocycles. The van der Waals surface area contributed by atoms with Crippen molar-refractivity contribution in [1.29, 1.82) is 0 Å². The first-order chi connectivity index (χ1) is 9.47. The van der Waals surface area contributed by atoms with E-state index in [2.05, 4.69) is 26.6 Å². The fraction of sp³-hybridized carbons (Fsp3) is 0.250. The Bertz CT molecular complexity index is 576. The molecule has 0 unspecified atom stereocenters. The predicted octanol–water partition coefficient (Wildman–Crippen LogP) is 1.11. The van der Waals surface area contributed by atoms with Gasteiger partial charge in [0.25, 0.3) is 0 Å². The van der Waals surface area contributed by atoms with Gasteiger partial charge in [-0.25, -0.2) is 9.59 Å². The third-order valence-electron chi connectivity index (χ3n) is 2.78. The second kappa shape index (κ2) is 5.91. The van der Waals surface area contributed by atoms with Gasteiger partial charge in [0.2, 0.25) is 5.91 Å². The summed E-state index contributed by atoms with van der Waals surface area (Å²) in [5, 5.41) is 14.1. The molecule has 0 atom stereocenters. The molecule has 1 aliphatic heterocycles. The van der Waals surface area contributed by atoms with E-state index in [1.807, 2.05) is 0 Å². The summed E-state index contributed by atoms with van der Waals surface area (Å²) in [5.74, 6) is -1.25. The zero-order valence-corrected chi connectivity index (χ0v) is 11.9. The SMILES string of the molecule is O=C1CN(C(=O)Nc2ccc(C(=O)O)cc2Br)CCN1. The minimum absolute atomic E-state index is 0.0106. The van der Waals surface area contributed by atoms with E-state index in [1.165, 1.54) is 23.1 Å². The highest BCUT2D eigenvalue weighted by Crippen LogP contribution is 2.24. The molecule has 8 heteroatoms. The molecule has 7 nitrogen and oxygen atoms in total. The highest BCUT2D eigenvalue weighted by molar-refractivity contribution is 9.10. The van der Waals surface area contributed by atoms with Crippen LogP contribution in [0.3, 0.4) is 0 Å². The molecule has 20 heavy (non-hydrogen) atoms. The van der Waals surface area contributed by atoms with Gasteiger partial charge in [-0.1, -0.05) is 0 Å². The maximum atomic E-state index is 12.0. The van der Waals surface area contributed by atoms with Crippen LogP contribution in [-0.2, 0) is 4.79 Å². The Morgan fingerprint density at radius 2 is 2.15 bits per heavy atom. The summed E-state index contributed by atoms with van der Waals surface area (Å²) in [6.07, 6.45) is 0. The summed E-state index contributed by atoms with van der Waals surface area (Å²) in [4.78, 5) is 35.4. The second-order valence-corrected chi connectivity index (χ2v) is 5.06. The number of rotatable bonds is 2. The van der Waals surface area contributed by atoms with Crippen molar-refractivity contribution in [3.63, 3.8) is 0 Å². The summed E-state index contributed by atoms with van der Waals surface area (Å²) >= 11 is 3.20. The molecule has 0 aromatic heterocycles. The first-order valence-corrected chi connectivity index (χ1v) is 6.62. The van der Waals surface area contributed by atoms with E-state index in [1.54, 1.807) is 0 Å². The quantitative estimate of drug-likeness (QED) is 0.750. The smallest absolute Gasteiger partial charge is 0.335 e. The summed E-state index contributed by atoms with van der Waals surface area (Å²) < 4.78 is 0.465. The van der Waals surface area contributed by atoms with E-state index in [-0.39, 0.29) is 18.0 Å². The molecule has 1 fully saturated rings. The molecule has 1 aliphatic rings. The van der Waals surface area contributed by atoms with Gasteiger partial charge in [-0.3, -0.25) is 4.79 Å². The van der Waals surface area contributed by atoms with Crippen LogP contribution < -0.4 is 10.6 Å². The summed E-state index contributed by atoms with van der Waals surface area (Å²) in [7, 11) is 0. The summed E-state index contributed by atoms with van der Waals surface area (Å²) in [6.45, 7) is 0.866. The molecule has 3 amide bonds. The summed E-state index contributed by atoms with van der Waals surface area (Å²) in [5.41, 5.74) is 0.568. The van der Waals surface area contributed by atoms with Crippen LogP contribution in [0.15, 0.2) is 22.7 Å². The predicted molar refractivity (Wildman–Crippen MR) is 74.7 cm³/mol. The number of piperazine rings is 1. The van der Waals surface area contributed by atoms with Crippen molar-refractivity contribution >= 4 is 39.5 Å². The number of carboxylic acid groups (broad SMARTS) is 1. The number of amides is 3. The lowest BCUT2D eigenvalue weighted by Crippen LogP contribution is -2.51. The molecular formula is C12H12BrN3O4. The van der Waals surface area contributed by atoms with Crippen LogP contribution in [0.2, 0.25) is 0 Å². The monoisotopic (exact) mass is 341 g/mol. The number of hydrogen-bond acceptors (Lipinski definition) is 3. The summed E-state index contributed by atoms with van der Waals surface area (Å²) in [6, 6.07) is 3.89. The number of benzene rings is 1. The number of carbonyl (C=O) groups is 3. The van der Waals surface area contributed by atoms with Crippen LogP contribution in [0.4, 0.5) is 10.5 Å². The number of aromatic carboxylic acids is 1. The fourth-order valence-electron chi connectivity index (χ4n) is 1.76. The molecule has 1 heterocycles. The van der Waals surface area contributed by atoms with Gasteiger partial charge in [-0.15, -0.1) is 0 Å². The van der Waals surface area contributed by atoms with E-state index in [0.29, 0.717) is 23.2 Å². The normalized spacial score (nSPS) is 14.7. The van der Waals surface area contributed by atoms with Crippen LogP contribution in [0, 0.1) is 0 Å². The van der Waals surface area contributed by atoms with Crippen LogP contribution in [0.25, 0.3) is 0 Å². The molecule has 0 bridgehead atoms. The standard InChI is InChI=1S/C12H12BrN3O4/c13-8-5-7(11(18)19)1-2-9(8)15-12(20)16-4-3-14-10(17)6-16/h1-2,5H,3-4,6H2,(H,14,17)(H,15,20)(H,18,19). The number of hydrogen-bond donors (Lipinski definition) is 3. The van der Waals surface area contributed by atoms with E-state index in [0.717, 1.165) is 0 Å². The first-order valence-electron chi connectivity index (χ1n) is 5.83. The highest BCUT2D eigenvalue weighted by atomic mass is 79.9. The fourth-order valence-corrected chi connectivity index (χ4v) is 2.23. The van der Waals surface area contributed by atoms with Gasteiger partial charge in [0, 0.05) is 17.6 Å². The van der Waals surface area contributed by atoms with Gasteiger partial charge in [-0.05, 0) is 34.1 Å². The Morgan fingerprint density at radius 1 is 1.40 bits per heavy atom. The highest BCUT2D eigenvalue weighted by Gasteiger charge is 2.21. The maximum Gasteiger partial charge on any atom is 0.335 e. The van der Waals surface area contributed by atoms with Crippen LogP contribution in [0.5, 0.6) is 0 Å². The Balaban J connectivity index is 2.07. The number of carboxylic acids is 1. The molecule has 0 saturated carbocycles. The maximum absolute atomic E-state index is 12.0. The first kappa shape index (κ1) is 14.3. The Labute approximate surface area is 123 Å². The third-order valence-corrected chi connectivity index (χ3v) is 3.44. The third kappa shape index (κ3) is 3.27. The van der Waals surface area contributed by atoms with Crippen molar-refractivity contribution in [2.24, 2.45) is 0 Å². The number of nitrogens with one attached hydrogen (secondary N) is 2. The van der Waals surface area contributed by atoms with Gasteiger partial charge >= 0.3 is 12.0 Å². The average Bonchev–Trinajstić information content (AvgIpc) is 2.40. The van der Waals surface area contributed by atoms with Gasteiger partial charge in [-0.2, -0.15) is 0 Å². The van der Waals surface area contributed by atoms with E-state index < -0.39 is 12.0 Å². The average molecular weight is 342 g/mol. The Morgan fingerprint density at radius 3 is 2.75 bits per heavy atom. The van der Waals surface area contributed by atoms with E-state index >= 15 is 0 Å². The van der Waals surface area contributed by atoms with E-state index in [9.17, 15) is 14.4 Å². The molecule has 0 spiro atoms. The minimum Gasteiger partial charge on any atom is -0.478 e. The van der Waals surface area contributed by atoms with Crippen LogP contribution in [-0.4, -0.2) is 47.5 Å². The molecule has 1 aromatic carbocycles. The van der Waals surface area contributed by atoms with Crippen molar-refractivity contribution < 1.29 is 19.5 Å². The Kier molecular flexibility index (Phi) is 4.23. The lowest BCUT2D eigenvalue weighted by molar-refractivity contribution is -0.123. The largest absolute Gasteiger partial charge is 0.478 e. The number of carbonyl (C=O) groups excluding carboxylic acids is 2. The number of urea groups is 1. The van der Waals surface area contributed by atoms with Gasteiger partial charge in [0.1, 0.15) is 6.54 Å². The number of halogens is 1. The van der Waals surface area contributed by atoms with Gasteiger partial charge < -0.3 is 20.6 Å². The molecule has 0 radical (unpaired) electrons. The molecule has 3 N–H and O–H groups in total. The topological polar surface area (TPSA) is 98.7 Å². The van der Waals surface area contributed by atoms with Crippen molar-refractivity contribution in [2.75, 3.05) is 25.0 Å². The number of anilines is 1. The van der Waals surface area contributed by atoms with Crippen molar-refractivity contribution in [3.05, 3.63) is 28.2 Å². The van der Waals surface area contributed by atoms with E-state index in [4.69, 9.17) is 5.11 Å². The van der Waals surface area contributed by atoms with Crippen LogP contribution in [0.1, 0.15) is 10.4 Å². The van der Waals surface area contributed by atoms with Crippen molar-refractivity contribution in [1.82, 2.24) is 10.2 Å². The minimum atomic E-state index is -1.05. The van der Waals surface area contributed by atoms with Crippen LogP contribution >= 0.6 is 15.9 Å². The Hall–Kier alpha value is -2.09.